The van der Waals surface area contributed by atoms with E-state index in [1.165, 1.54) is 18.2 Å². The lowest BCUT2D eigenvalue weighted by atomic mass is 10.1. The molecule has 20 heavy (non-hydrogen) atoms. The maximum atomic E-state index is 12.2. The van der Waals surface area contributed by atoms with Crippen LogP contribution in [0.3, 0.4) is 0 Å². The molecule has 0 bridgehead atoms. The molecule has 0 saturated heterocycles. The van der Waals surface area contributed by atoms with Crippen molar-refractivity contribution in [3.63, 3.8) is 0 Å². The molecule has 0 amide bonds. The zero-order valence-electron chi connectivity index (χ0n) is 11.1. The van der Waals surface area contributed by atoms with Crippen molar-refractivity contribution in [3.8, 4) is 5.75 Å². The van der Waals surface area contributed by atoms with Crippen LogP contribution in [0.15, 0.2) is 24.3 Å². The second-order valence-electron chi connectivity index (χ2n) is 4.02. The van der Waals surface area contributed by atoms with Crippen molar-refractivity contribution >= 4 is 11.8 Å². The van der Waals surface area contributed by atoms with Gasteiger partial charge in [-0.05, 0) is 18.6 Å². The lowest BCUT2D eigenvalue weighted by Crippen LogP contribution is -2.11. The fraction of sp³-hybridized carbons (Fsp3) is 0.429. The number of ketones is 1. The van der Waals surface area contributed by atoms with Crippen LogP contribution in [0.25, 0.3) is 0 Å². The number of carbonyl (C=O) groups excluding carboxylic acids is 2. The molecule has 0 unspecified atom stereocenters. The fourth-order valence-corrected chi connectivity index (χ4v) is 1.53. The minimum absolute atomic E-state index is 0.0380. The van der Waals surface area contributed by atoms with Gasteiger partial charge in [-0.3, -0.25) is 9.59 Å². The summed E-state index contributed by atoms with van der Waals surface area (Å²) in [6, 6.07) is 5.71. The van der Waals surface area contributed by atoms with E-state index in [9.17, 15) is 18.4 Å². The molecule has 6 heteroatoms. The Morgan fingerprint density at radius 3 is 2.55 bits per heavy atom. The van der Waals surface area contributed by atoms with Crippen molar-refractivity contribution in [2.45, 2.75) is 32.8 Å². The maximum Gasteiger partial charge on any atom is 0.387 e. The Kier molecular flexibility index (Phi) is 6.63. The van der Waals surface area contributed by atoms with E-state index in [2.05, 4.69) is 4.74 Å². The smallest absolute Gasteiger partial charge is 0.387 e. The summed E-state index contributed by atoms with van der Waals surface area (Å²) in [5.74, 6) is -1.10. The van der Waals surface area contributed by atoms with Gasteiger partial charge in [-0.1, -0.05) is 19.1 Å². The number of alkyl halides is 2. The van der Waals surface area contributed by atoms with Crippen LogP contribution in [0.2, 0.25) is 0 Å². The first-order valence-electron chi connectivity index (χ1n) is 6.27. The van der Waals surface area contributed by atoms with E-state index in [0.717, 1.165) is 0 Å². The summed E-state index contributed by atoms with van der Waals surface area (Å²) in [6.45, 7) is -0.840. The monoisotopic (exact) mass is 286 g/mol. The Morgan fingerprint density at radius 2 is 1.90 bits per heavy atom. The Bertz CT molecular complexity index is 460. The number of carbonyl (C=O) groups is 2. The van der Waals surface area contributed by atoms with Gasteiger partial charge in [-0.2, -0.15) is 8.78 Å². The number of rotatable bonds is 8. The van der Waals surface area contributed by atoms with Crippen molar-refractivity contribution in [2.24, 2.45) is 0 Å². The molecule has 0 saturated carbocycles. The van der Waals surface area contributed by atoms with Crippen molar-refractivity contribution in [1.82, 2.24) is 0 Å². The van der Waals surface area contributed by atoms with Gasteiger partial charge in [0, 0.05) is 6.42 Å². The zero-order chi connectivity index (χ0) is 15.0. The van der Waals surface area contributed by atoms with E-state index in [-0.39, 0.29) is 24.2 Å². The van der Waals surface area contributed by atoms with Crippen molar-refractivity contribution < 1.29 is 27.8 Å². The molecule has 1 rings (SSSR count). The van der Waals surface area contributed by atoms with Gasteiger partial charge in [0.25, 0.3) is 0 Å². The molecule has 0 aromatic heterocycles. The molecule has 1 aromatic rings. The average Bonchev–Trinajstić information content (AvgIpc) is 2.42. The highest BCUT2D eigenvalue weighted by Gasteiger charge is 2.16. The number of esters is 1. The summed E-state index contributed by atoms with van der Waals surface area (Å²) >= 11 is 0. The third-order valence-corrected chi connectivity index (χ3v) is 2.43. The number of benzene rings is 1. The molecule has 0 heterocycles. The fourth-order valence-electron chi connectivity index (χ4n) is 1.53. The van der Waals surface area contributed by atoms with Crippen LogP contribution in [-0.4, -0.2) is 25.0 Å². The quantitative estimate of drug-likeness (QED) is 0.544. The van der Waals surface area contributed by atoms with Gasteiger partial charge < -0.3 is 9.47 Å². The molecule has 0 radical (unpaired) electrons. The largest absolute Gasteiger partial charge is 0.466 e. The van der Waals surface area contributed by atoms with Gasteiger partial charge in [0.05, 0.1) is 18.6 Å². The molecule has 0 fully saturated rings. The number of hydrogen-bond acceptors (Lipinski definition) is 4. The van der Waals surface area contributed by atoms with E-state index in [4.69, 9.17) is 4.74 Å². The van der Waals surface area contributed by atoms with Gasteiger partial charge in [0.15, 0.2) is 5.78 Å². The predicted octanol–water partition coefficient (Wildman–Crippen LogP) is 3.20. The number of Topliss-reactive ketones (excluding diaryl/α,β-unsaturated/α-hetero) is 1. The Labute approximate surface area is 115 Å². The lowest BCUT2D eigenvalue weighted by Gasteiger charge is -2.09. The summed E-state index contributed by atoms with van der Waals surface area (Å²) in [5.41, 5.74) is 0.0380. The SMILES string of the molecule is CCCOC(=O)CCC(=O)c1ccccc1OC(F)F. The van der Waals surface area contributed by atoms with Crippen LogP contribution in [0.4, 0.5) is 8.78 Å². The van der Waals surface area contributed by atoms with E-state index in [0.29, 0.717) is 13.0 Å². The highest BCUT2D eigenvalue weighted by molar-refractivity contribution is 5.99. The molecule has 0 aliphatic heterocycles. The molecule has 0 N–H and O–H groups in total. The molecular weight excluding hydrogens is 270 g/mol. The van der Waals surface area contributed by atoms with Gasteiger partial charge in [0.2, 0.25) is 0 Å². The molecule has 4 nitrogen and oxygen atoms in total. The molecule has 0 spiro atoms. The highest BCUT2D eigenvalue weighted by atomic mass is 19.3. The Morgan fingerprint density at radius 1 is 1.20 bits per heavy atom. The topological polar surface area (TPSA) is 52.6 Å². The van der Waals surface area contributed by atoms with Crippen molar-refractivity contribution in [2.75, 3.05) is 6.61 Å². The number of ether oxygens (including phenoxy) is 2. The first-order valence-corrected chi connectivity index (χ1v) is 6.27. The molecule has 0 aliphatic rings. The van der Waals surface area contributed by atoms with E-state index >= 15 is 0 Å². The van der Waals surface area contributed by atoms with Crippen LogP contribution < -0.4 is 4.74 Å². The summed E-state index contributed by atoms with van der Waals surface area (Å²) in [6.07, 6.45) is 0.513. The van der Waals surface area contributed by atoms with Crippen LogP contribution in [0.5, 0.6) is 5.75 Å². The highest BCUT2D eigenvalue weighted by Crippen LogP contribution is 2.22. The van der Waals surface area contributed by atoms with E-state index < -0.39 is 18.4 Å². The van der Waals surface area contributed by atoms with Crippen LogP contribution in [0, 0.1) is 0 Å². The van der Waals surface area contributed by atoms with Crippen LogP contribution >= 0.6 is 0 Å². The second-order valence-corrected chi connectivity index (χ2v) is 4.02. The lowest BCUT2D eigenvalue weighted by molar-refractivity contribution is -0.143. The summed E-state index contributed by atoms with van der Waals surface area (Å²) in [5, 5.41) is 0. The number of halogens is 2. The standard InChI is InChI=1S/C14H16F2O4/c1-2-9-19-13(18)8-7-11(17)10-5-3-4-6-12(10)20-14(15)16/h3-6,14H,2,7-9H2,1H3. The average molecular weight is 286 g/mol. The minimum atomic E-state index is -3.00. The third-order valence-electron chi connectivity index (χ3n) is 2.43. The molecule has 1 aromatic carbocycles. The Balaban J connectivity index is 2.61. The zero-order valence-corrected chi connectivity index (χ0v) is 11.1. The van der Waals surface area contributed by atoms with Crippen LogP contribution in [0.1, 0.15) is 36.5 Å². The minimum Gasteiger partial charge on any atom is -0.466 e. The number of para-hydroxylation sites is 1. The van der Waals surface area contributed by atoms with Gasteiger partial charge in [-0.25, -0.2) is 0 Å². The van der Waals surface area contributed by atoms with Gasteiger partial charge in [-0.15, -0.1) is 0 Å². The second kappa shape index (κ2) is 8.24. The summed E-state index contributed by atoms with van der Waals surface area (Å²) in [7, 11) is 0. The molecular formula is C14H16F2O4. The normalized spacial score (nSPS) is 10.4. The first kappa shape index (κ1) is 16.1. The summed E-state index contributed by atoms with van der Waals surface area (Å²) < 4.78 is 33.5. The Hall–Kier alpha value is -1.98. The van der Waals surface area contributed by atoms with Crippen molar-refractivity contribution in [1.29, 1.82) is 0 Å². The van der Waals surface area contributed by atoms with Gasteiger partial charge >= 0.3 is 12.6 Å². The maximum absolute atomic E-state index is 12.2. The first-order chi connectivity index (χ1) is 9.54. The third kappa shape index (κ3) is 5.34. The van der Waals surface area contributed by atoms with Crippen molar-refractivity contribution in [3.05, 3.63) is 29.8 Å². The number of hydrogen-bond donors (Lipinski definition) is 0. The molecule has 0 atom stereocenters. The molecule has 0 aliphatic carbocycles. The van der Waals surface area contributed by atoms with Crippen LogP contribution in [-0.2, 0) is 9.53 Å². The van der Waals surface area contributed by atoms with E-state index in [1.807, 2.05) is 6.92 Å². The van der Waals surface area contributed by atoms with Gasteiger partial charge in [0.1, 0.15) is 5.75 Å². The predicted molar refractivity (Wildman–Crippen MR) is 67.9 cm³/mol. The van der Waals surface area contributed by atoms with E-state index in [1.54, 1.807) is 6.07 Å². The summed E-state index contributed by atoms with van der Waals surface area (Å²) in [4.78, 5) is 23.2. The molecule has 110 valence electrons.